The van der Waals surface area contributed by atoms with Gasteiger partial charge in [-0.15, -0.1) is 0 Å². The predicted octanol–water partition coefficient (Wildman–Crippen LogP) is 4.03. The molecule has 0 saturated carbocycles. The van der Waals surface area contributed by atoms with Gasteiger partial charge in [-0.25, -0.2) is 0 Å². The fourth-order valence-electron chi connectivity index (χ4n) is 2.88. The van der Waals surface area contributed by atoms with Crippen molar-refractivity contribution in [1.82, 2.24) is 10.2 Å². The van der Waals surface area contributed by atoms with Crippen molar-refractivity contribution >= 4 is 29.1 Å². The summed E-state index contributed by atoms with van der Waals surface area (Å²) >= 11 is 5.92. The van der Waals surface area contributed by atoms with Crippen LogP contribution in [0.5, 0.6) is 0 Å². The zero-order valence-corrected chi connectivity index (χ0v) is 17.0. The summed E-state index contributed by atoms with van der Waals surface area (Å²) in [4.78, 5) is 25.9. The Labute approximate surface area is 174 Å². The average molecular weight is 412 g/mol. The van der Waals surface area contributed by atoms with Crippen molar-refractivity contribution in [2.75, 3.05) is 26.0 Å². The second-order valence-electron chi connectivity index (χ2n) is 6.65. The van der Waals surface area contributed by atoms with E-state index >= 15 is 0 Å². The Hall–Kier alpha value is -3.09. The van der Waals surface area contributed by atoms with Crippen LogP contribution in [0.15, 0.2) is 65.1 Å². The number of nitrogens with zero attached hydrogens (tertiary/aromatic N) is 1. The van der Waals surface area contributed by atoms with Crippen LogP contribution in [-0.2, 0) is 11.3 Å². The Morgan fingerprint density at radius 3 is 2.55 bits per heavy atom. The smallest absolute Gasteiger partial charge is 0.251 e. The van der Waals surface area contributed by atoms with Crippen LogP contribution >= 0.6 is 11.6 Å². The van der Waals surface area contributed by atoms with Gasteiger partial charge in [0.1, 0.15) is 11.5 Å². The van der Waals surface area contributed by atoms with Crippen molar-refractivity contribution in [2.45, 2.75) is 6.54 Å². The van der Waals surface area contributed by atoms with Crippen LogP contribution < -0.4 is 10.6 Å². The monoisotopic (exact) mass is 411 g/mol. The molecule has 0 aliphatic carbocycles. The lowest BCUT2D eigenvalue weighted by molar-refractivity contribution is -0.117. The third kappa shape index (κ3) is 5.70. The summed E-state index contributed by atoms with van der Waals surface area (Å²) in [6.45, 7) is 0.667. The molecule has 0 aliphatic heterocycles. The summed E-state index contributed by atoms with van der Waals surface area (Å²) in [5, 5.41) is 6.04. The van der Waals surface area contributed by atoms with Crippen molar-refractivity contribution in [3.05, 3.63) is 77.0 Å². The number of carbonyl (C=O) groups excluding carboxylic acids is 2. The van der Waals surface area contributed by atoms with Gasteiger partial charge in [0.2, 0.25) is 5.91 Å². The summed E-state index contributed by atoms with van der Waals surface area (Å²) in [5.74, 6) is 1.13. The van der Waals surface area contributed by atoms with E-state index in [0.717, 1.165) is 17.1 Å². The molecule has 6 nitrogen and oxygen atoms in total. The molecule has 2 amide bonds. The van der Waals surface area contributed by atoms with E-state index in [4.69, 9.17) is 16.0 Å². The molecule has 0 radical (unpaired) electrons. The number of rotatable bonds is 7. The molecule has 0 spiro atoms. The predicted molar refractivity (Wildman–Crippen MR) is 114 cm³/mol. The second-order valence-corrected chi connectivity index (χ2v) is 7.09. The van der Waals surface area contributed by atoms with Crippen LogP contribution in [0.1, 0.15) is 16.1 Å². The number of furan rings is 1. The van der Waals surface area contributed by atoms with Crippen molar-refractivity contribution in [1.29, 1.82) is 0 Å². The normalized spacial score (nSPS) is 10.8. The van der Waals surface area contributed by atoms with Crippen molar-refractivity contribution in [3.8, 4) is 11.3 Å². The van der Waals surface area contributed by atoms with E-state index in [1.165, 1.54) is 0 Å². The lowest BCUT2D eigenvalue weighted by Gasteiger charge is -2.15. The number of anilines is 1. The number of hydrogen-bond donors (Lipinski definition) is 2. The summed E-state index contributed by atoms with van der Waals surface area (Å²) in [6.07, 6.45) is 0. The molecule has 7 heteroatoms. The van der Waals surface area contributed by atoms with Gasteiger partial charge in [-0.1, -0.05) is 17.7 Å². The number of amides is 2. The molecule has 2 N–H and O–H groups in total. The number of benzene rings is 2. The molecule has 0 saturated heterocycles. The molecule has 0 unspecified atom stereocenters. The lowest BCUT2D eigenvalue weighted by Crippen LogP contribution is -2.29. The van der Waals surface area contributed by atoms with Crippen LogP contribution in [0.4, 0.5) is 5.69 Å². The molecule has 150 valence electrons. The largest absolute Gasteiger partial charge is 0.460 e. The highest BCUT2D eigenvalue weighted by Gasteiger charge is 2.12. The van der Waals surface area contributed by atoms with Gasteiger partial charge in [0.05, 0.1) is 13.1 Å². The Balaban J connectivity index is 1.55. The van der Waals surface area contributed by atoms with Crippen LogP contribution in [0.25, 0.3) is 11.3 Å². The van der Waals surface area contributed by atoms with E-state index in [2.05, 4.69) is 10.6 Å². The minimum absolute atomic E-state index is 0.175. The summed E-state index contributed by atoms with van der Waals surface area (Å²) in [5.41, 5.74) is 2.01. The van der Waals surface area contributed by atoms with Gasteiger partial charge in [-0.2, -0.15) is 0 Å². The maximum atomic E-state index is 12.3. The molecule has 2 aromatic carbocycles. The summed E-state index contributed by atoms with van der Waals surface area (Å²) in [7, 11) is 3.40. The molecule has 1 heterocycles. The topological polar surface area (TPSA) is 74.6 Å². The van der Waals surface area contributed by atoms with E-state index in [1.54, 1.807) is 31.3 Å². The first-order valence-electron chi connectivity index (χ1n) is 9.10. The van der Waals surface area contributed by atoms with Crippen molar-refractivity contribution in [2.24, 2.45) is 0 Å². The molecule has 0 atom stereocenters. The Morgan fingerprint density at radius 1 is 1.07 bits per heavy atom. The number of nitrogens with one attached hydrogen (secondary N) is 2. The Morgan fingerprint density at radius 2 is 1.83 bits per heavy atom. The molecule has 0 bridgehead atoms. The number of carbonyl (C=O) groups is 2. The van der Waals surface area contributed by atoms with Gasteiger partial charge in [-0.05, 0) is 61.6 Å². The molecule has 0 aliphatic rings. The van der Waals surface area contributed by atoms with E-state index < -0.39 is 0 Å². The Bertz CT molecular complexity index is 999. The van der Waals surface area contributed by atoms with E-state index in [-0.39, 0.29) is 18.4 Å². The van der Waals surface area contributed by atoms with Gasteiger partial charge in [0, 0.05) is 28.9 Å². The third-order valence-electron chi connectivity index (χ3n) is 4.27. The molecular weight excluding hydrogens is 390 g/mol. The fraction of sp³-hybridized carbons (Fsp3) is 0.182. The quantitative estimate of drug-likeness (QED) is 0.615. The van der Waals surface area contributed by atoms with Crippen LogP contribution in [0.2, 0.25) is 5.02 Å². The fourth-order valence-corrected chi connectivity index (χ4v) is 3.01. The first kappa shape index (κ1) is 20.6. The SMILES string of the molecule is CNC(=O)c1cccc(NC(=O)CN(C)Cc2ccc(-c3ccc(Cl)cc3)o2)c1. The minimum atomic E-state index is -0.201. The number of hydrogen-bond acceptors (Lipinski definition) is 4. The molecule has 29 heavy (non-hydrogen) atoms. The van der Waals surface area contributed by atoms with E-state index in [1.807, 2.05) is 48.3 Å². The Kier molecular flexibility index (Phi) is 6.69. The van der Waals surface area contributed by atoms with Crippen LogP contribution in [0, 0.1) is 0 Å². The van der Waals surface area contributed by atoms with Gasteiger partial charge in [0.15, 0.2) is 0 Å². The molecule has 0 fully saturated rings. The summed E-state index contributed by atoms with van der Waals surface area (Å²) in [6, 6.07) is 18.0. The highest BCUT2D eigenvalue weighted by atomic mass is 35.5. The van der Waals surface area contributed by atoms with Gasteiger partial charge < -0.3 is 15.1 Å². The minimum Gasteiger partial charge on any atom is -0.460 e. The third-order valence-corrected chi connectivity index (χ3v) is 4.52. The lowest BCUT2D eigenvalue weighted by atomic mass is 10.2. The highest BCUT2D eigenvalue weighted by molar-refractivity contribution is 6.30. The van der Waals surface area contributed by atoms with Gasteiger partial charge >= 0.3 is 0 Å². The maximum absolute atomic E-state index is 12.3. The van der Waals surface area contributed by atoms with Gasteiger partial charge in [0.25, 0.3) is 5.91 Å². The molecule has 3 rings (SSSR count). The van der Waals surface area contributed by atoms with Gasteiger partial charge in [-0.3, -0.25) is 14.5 Å². The second kappa shape index (κ2) is 9.41. The molecule has 3 aromatic rings. The van der Waals surface area contributed by atoms with E-state index in [0.29, 0.717) is 22.8 Å². The first-order chi connectivity index (χ1) is 13.9. The van der Waals surface area contributed by atoms with Crippen molar-refractivity contribution in [3.63, 3.8) is 0 Å². The van der Waals surface area contributed by atoms with E-state index in [9.17, 15) is 9.59 Å². The number of halogens is 1. The standard InChI is InChI=1S/C22H22ClN3O3/c1-24-22(28)16-4-3-5-18(12-16)25-21(27)14-26(2)13-19-10-11-20(29-19)15-6-8-17(23)9-7-15/h3-12H,13-14H2,1-2H3,(H,24,28)(H,25,27). The molecular formula is C22H22ClN3O3. The average Bonchev–Trinajstić information content (AvgIpc) is 3.16. The molecule has 1 aromatic heterocycles. The number of likely N-dealkylation sites (N-methyl/N-ethyl adjacent to an activating group) is 1. The highest BCUT2D eigenvalue weighted by Crippen LogP contribution is 2.24. The van der Waals surface area contributed by atoms with Crippen LogP contribution in [0.3, 0.4) is 0 Å². The first-order valence-corrected chi connectivity index (χ1v) is 9.47. The summed E-state index contributed by atoms with van der Waals surface area (Å²) < 4.78 is 5.87. The maximum Gasteiger partial charge on any atom is 0.251 e. The zero-order chi connectivity index (χ0) is 20.8. The van der Waals surface area contributed by atoms with Crippen LogP contribution in [-0.4, -0.2) is 37.4 Å². The van der Waals surface area contributed by atoms with Crippen molar-refractivity contribution < 1.29 is 14.0 Å². The zero-order valence-electron chi connectivity index (χ0n) is 16.2.